The number of H-pyrrole nitrogens is 1. The van der Waals surface area contributed by atoms with Crippen LogP contribution < -0.4 is 4.74 Å². The van der Waals surface area contributed by atoms with Gasteiger partial charge in [0.2, 0.25) is 4.77 Å². The highest BCUT2D eigenvalue weighted by Crippen LogP contribution is 2.26. The highest BCUT2D eigenvalue weighted by molar-refractivity contribution is 7.71. The average Bonchev–Trinajstić information content (AvgIpc) is 3.07. The zero-order valence-electron chi connectivity index (χ0n) is 17.1. The molecule has 0 amide bonds. The van der Waals surface area contributed by atoms with E-state index in [9.17, 15) is 5.11 Å². The summed E-state index contributed by atoms with van der Waals surface area (Å²) >= 11 is 5.36. The van der Waals surface area contributed by atoms with Crippen LogP contribution in [0.2, 0.25) is 0 Å². The molecule has 7 heteroatoms. The molecule has 0 unspecified atom stereocenters. The van der Waals surface area contributed by atoms with Crippen molar-refractivity contribution in [3.05, 3.63) is 69.8 Å². The molecule has 0 spiro atoms. The zero-order valence-corrected chi connectivity index (χ0v) is 17.9. The Morgan fingerprint density at radius 1 is 1.21 bits per heavy atom. The van der Waals surface area contributed by atoms with Gasteiger partial charge in [-0.3, -0.25) is 5.10 Å². The second kappa shape index (κ2) is 9.05. The minimum Gasteiger partial charge on any atom is -0.504 e. The van der Waals surface area contributed by atoms with E-state index in [0.29, 0.717) is 16.4 Å². The van der Waals surface area contributed by atoms with Gasteiger partial charge in [-0.05, 0) is 59.4 Å². The van der Waals surface area contributed by atoms with Crippen LogP contribution >= 0.6 is 12.2 Å². The Labute approximate surface area is 175 Å². The Balaban J connectivity index is 1.86. The molecule has 0 fully saturated rings. The number of phenols is 1. The van der Waals surface area contributed by atoms with E-state index in [4.69, 9.17) is 17.0 Å². The molecule has 0 aliphatic rings. The first-order valence-electron chi connectivity index (χ1n) is 9.56. The van der Waals surface area contributed by atoms with Gasteiger partial charge >= 0.3 is 0 Å². The molecule has 3 aromatic rings. The van der Waals surface area contributed by atoms with Crippen LogP contribution in [0.1, 0.15) is 49.2 Å². The van der Waals surface area contributed by atoms with Crippen LogP contribution in [0.4, 0.5) is 0 Å². The highest BCUT2D eigenvalue weighted by Gasteiger charge is 2.16. The number of methoxy groups -OCH3 is 1. The van der Waals surface area contributed by atoms with Crippen molar-refractivity contribution >= 4 is 18.4 Å². The fourth-order valence-electron chi connectivity index (χ4n) is 3.16. The number of rotatable bonds is 7. The topological polar surface area (TPSA) is 75.4 Å². The third kappa shape index (κ3) is 4.92. The average molecular weight is 411 g/mol. The van der Waals surface area contributed by atoms with Crippen molar-refractivity contribution in [3.8, 4) is 11.5 Å². The van der Waals surface area contributed by atoms with Crippen LogP contribution in [0.3, 0.4) is 0 Å². The van der Waals surface area contributed by atoms with E-state index < -0.39 is 0 Å². The Kier molecular flexibility index (Phi) is 6.49. The highest BCUT2D eigenvalue weighted by atomic mass is 32.1. The van der Waals surface area contributed by atoms with E-state index in [-0.39, 0.29) is 11.7 Å². The number of nitrogens with one attached hydrogen (secondary N) is 1. The molecule has 6 nitrogen and oxygen atoms in total. The van der Waals surface area contributed by atoms with Crippen molar-refractivity contribution < 1.29 is 9.84 Å². The van der Waals surface area contributed by atoms with Crippen molar-refractivity contribution in [1.82, 2.24) is 14.9 Å². The maximum atomic E-state index is 9.74. The van der Waals surface area contributed by atoms with Gasteiger partial charge in [-0.2, -0.15) is 14.9 Å². The molecule has 0 aliphatic carbocycles. The van der Waals surface area contributed by atoms with E-state index >= 15 is 0 Å². The summed E-state index contributed by atoms with van der Waals surface area (Å²) in [6.07, 6.45) is 2.73. The van der Waals surface area contributed by atoms with E-state index in [0.717, 1.165) is 23.4 Å². The molecule has 1 atom stereocenters. The quantitative estimate of drug-likeness (QED) is 0.430. The van der Waals surface area contributed by atoms with Gasteiger partial charge in [0.1, 0.15) is 0 Å². The molecule has 152 valence electrons. The number of nitrogens with zero attached hydrogens (tertiary/aromatic N) is 3. The van der Waals surface area contributed by atoms with Crippen molar-refractivity contribution in [2.24, 2.45) is 11.0 Å². The number of phenolic OH excluding ortho intramolecular Hbond substituents is 1. The maximum absolute atomic E-state index is 9.74. The summed E-state index contributed by atoms with van der Waals surface area (Å²) in [7, 11) is 1.51. The van der Waals surface area contributed by atoms with Gasteiger partial charge < -0.3 is 9.84 Å². The van der Waals surface area contributed by atoms with E-state index in [1.165, 1.54) is 12.7 Å². The van der Waals surface area contributed by atoms with E-state index in [1.807, 2.05) is 0 Å². The van der Waals surface area contributed by atoms with Crippen LogP contribution in [0.5, 0.6) is 11.5 Å². The normalized spacial score (nSPS) is 12.6. The molecule has 0 bridgehead atoms. The number of ether oxygens (including phenoxy) is 1. The van der Waals surface area contributed by atoms with Crippen LogP contribution in [0.15, 0.2) is 47.6 Å². The molecule has 3 rings (SSSR count). The van der Waals surface area contributed by atoms with Crippen LogP contribution in [-0.2, 0) is 6.42 Å². The van der Waals surface area contributed by atoms with Crippen molar-refractivity contribution in [2.45, 2.75) is 33.1 Å². The number of aromatic nitrogens is 3. The molecule has 29 heavy (non-hydrogen) atoms. The molecule has 1 aromatic heterocycles. The molecule has 1 heterocycles. The minimum absolute atomic E-state index is 0.0163. The molecule has 2 aromatic carbocycles. The number of aromatic hydroxyl groups is 1. The first-order chi connectivity index (χ1) is 13.9. The van der Waals surface area contributed by atoms with Crippen LogP contribution in [0.25, 0.3) is 0 Å². The fraction of sp³-hybridized carbons (Fsp3) is 0.318. The van der Waals surface area contributed by atoms with Crippen LogP contribution in [-0.4, -0.2) is 33.3 Å². The lowest BCUT2D eigenvalue weighted by Crippen LogP contribution is -2.06. The van der Waals surface area contributed by atoms with E-state index in [2.05, 4.69) is 60.3 Å². The molecule has 0 radical (unpaired) electrons. The maximum Gasteiger partial charge on any atom is 0.216 e. The first-order valence-corrected chi connectivity index (χ1v) is 9.97. The third-order valence-corrected chi connectivity index (χ3v) is 4.98. The number of hydrogen-bond donors (Lipinski definition) is 2. The van der Waals surface area contributed by atoms with Gasteiger partial charge in [-0.15, -0.1) is 0 Å². The molecule has 2 N–H and O–H groups in total. The lowest BCUT2D eigenvalue weighted by molar-refractivity contribution is 0.373. The van der Waals surface area contributed by atoms with Gasteiger partial charge in [0.25, 0.3) is 0 Å². The van der Waals surface area contributed by atoms with Gasteiger partial charge in [-0.25, -0.2) is 0 Å². The summed E-state index contributed by atoms with van der Waals surface area (Å²) in [5.41, 5.74) is 3.25. The summed E-state index contributed by atoms with van der Waals surface area (Å²) in [5, 5.41) is 21.5. The van der Waals surface area contributed by atoms with Crippen molar-refractivity contribution in [3.63, 3.8) is 0 Å². The Bertz CT molecular complexity index is 1050. The zero-order chi connectivity index (χ0) is 21.0. The Morgan fingerprint density at radius 3 is 2.59 bits per heavy atom. The minimum atomic E-state index is 0.0163. The third-order valence-electron chi connectivity index (χ3n) is 4.71. The van der Waals surface area contributed by atoms with Gasteiger partial charge in [0.05, 0.1) is 13.3 Å². The predicted octanol–water partition coefficient (Wildman–Crippen LogP) is 4.89. The smallest absolute Gasteiger partial charge is 0.216 e. The van der Waals surface area contributed by atoms with Gasteiger partial charge in [0, 0.05) is 5.92 Å². The SMILES string of the molecule is COc1cc(/C=N/n2c([C@@H](C)c3ccc(CC(C)C)cc3)n[nH]c2=S)ccc1O. The van der Waals surface area contributed by atoms with Crippen molar-refractivity contribution in [1.29, 1.82) is 0 Å². The fourth-order valence-corrected chi connectivity index (χ4v) is 3.34. The Hall–Kier alpha value is -2.93. The van der Waals surface area contributed by atoms with Crippen LogP contribution in [0, 0.1) is 10.7 Å². The summed E-state index contributed by atoms with van der Waals surface area (Å²) < 4.78 is 7.19. The summed E-state index contributed by atoms with van der Waals surface area (Å²) in [6, 6.07) is 13.6. The van der Waals surface area contributed by atoms with Gasteiger partial charge in [-0.1, -0.05) is 45.0 Å². The first kappa shape index (κ1) is 20.8. The standard InChI is InChI=1S/C22H26N4O2S/c1-14(2)11-16-5-8-18(9-6-16)15(3)21-24-25-22(29)26(21)23-13-17-7-10-19(27)20(12-17)28-4/h5-10,12-15,27H,11H2,1-4H3,(H,25,29)/b23-13+/t15-/m0/s1. The number of aromatic amines is 1. The second-order valence-corrected chi connectivity index (χ2v) is 7.82. The lowest BCUT2D eigenvalue weighted by Gasteiger charge is -2.12. The van der Waals surface area contributed by atoms with Crippen molar-refractivity contribution in [2.75, 3.05) is 7.11 Å². The summed E-state index contributed by atoms with van der Waals surface area (Å²) in [6.45, 7) is 6.52. The predicted molar refractivity (Wildman–Crippen MR) is 118 cm³/mol. The summed E-state index contributed by atoms with van der Waals surface area (Å²) in [4.78, 5) is 0. The summed E-state index contributed by atoms with van der Waals surface area (Å²) in [5.74, 6) is 1.85. The molecule has 0 saturated heterocycles. The largest absolute Gasteiger partial charge is 0.504 e. The van der Waals surface area contributed by atoms with Gasteiger partial charge in [0.15, 0.2) is 17.3 Å². The second-order valence-electron chi connectivity index (χ2n) is 7.44. The van der Waals surface area contributed by atoms with E-state index in [1.54, 1.807) is 29.1 Å². The molecule has 0 aliphatic heterocycles. The monoisotopic (exact) mass is 410 g/mol. The number of hydrogen-bond acceptors (Lipinski definition) is 5. The lowest BCUT2D eigenvalue weighted by atomic mass is 9.96. The molecule has 0 saturated carbocycles. The molecular weight excluding hydrogens is 384 g/mol. The Morgan fingerprint density at radius 2 is 1.93 bits per heavy atom. The molecular formula is C22H26N4O2S. The number of benzene rings is 2.